The van der Waals surface area contributed by atoms with Crippen molar-refractivity contribution < 1.29 is 0 Å². The van der Waals surface area contributed by atoms with Gasteiger partial charge in [0.2, 0.25) is 0 Å². The molecule has 0 spiro atoms. The first-order valence-corrected chi connectivity index (χ1v) is 7.06. The molecule has 0 aromatic heterocycles. The molecule has 0 aromatic rings. The summed E-state index contributed by atoms with van der Waals surface area (Å²) in [6, 6.07) is 0.343. The molecule has 1 fully saturated rings. The Labute approximate surface area is 100 Å². The zero-order valence-corrected chi connectivity index (χ0v) is 11.0. The van der Waals surface area contributed by atoms with Crippen molar-refractivity contribution in [3.8, 4) is 0 Å². The van der Waals surface area contributed by atoms with E-state index < -0.39 is 0 Å². The maximum absolute atomic E-state index is 6.53. The Morgan fingerprint density at radius 1 is 1.25 bits per heavy atom. The van der Waals surface area contributed by atoms with E-state index in [4.69, 9.17) is 5.73 Å². The van der Waals surface area contributed by atoms with Crippen molar-refractivity contribution >= 4 is 0 Å². The van der Waals surface area contributed by atoms with E-state index in [1.165, 1.54) is 51.4 Å². The Morgan fingerprint density at radius 3 is 2.69 bits per heavy atom. The molecule has 0 aromatic carbocycles. The molecule has 1 heteroatoms. The fraction of sp³-hybridized carbons (Fsp3) is 0.867. The van der Waals surface area contributed by atoms with Gasteiger partial charge in [0.1, 0.15) is 0 Å². The maximum atomic E-state index is 6.53. The minimum atomic E-state index is 0.343. The molecule has 2 aliphatic rings. The van der Waals surface area contributed by atoms with Crippen LogP contribution in [-0.2, 0) is 0 Å². The summed E-state index contributed by atoms with van der Waals surface area (Å²) in [5, 5.41) is 0. The Bertz CT molecular complexity index is 265. The summed E-state index contributed by atoms with van der Waals surface area (Å²) in [5.74, 6) is 0.714. The predicted molar refractivity (Wildman–Crippen MR) is 70.3 cm³/mol. The van der Waals surface area contributed by atoms with E-state index in [1.54, 1.807) is 5.57 Å². The van der Waals surface area contributed by atoms with Crippen LogP contribution in [0.4, 0.5) is 0 Å². The molecular formula is C15H27N. The molecule has 0 bridgehead atoms. The van der Waals surface area contributed by atoms with Crippen molar-refractivity contribution in [2.75, 3.05) is 0 Å². The predicted octanol–water partition coefficient (Wildman–Crippen LogP) is 4.03. The summed E-state index contributed by atoms with van der Waals surface area (Å²) in [6.07, 6.45) is 13.1. The fourth-order valence-corrected chi connectivity index (χ4v) is 3.61. The lowest BCUT2D eigenvalue weighted by molar-refractivity contribution is 0.121. The zero-order chi connectivity index (χ0) is 11.6. The molecule has 2 rings (SSSR count). The minimum absolute atomic E-state index is 0.343. The average Bonchev–Trinajstić information content (AvgIpc) is 2.29. The average molecular weight is 221 g/mol. The number of hydrogen-bond acceptors (Lipinski definition) is 1. The molecular weight excluding hydrogens is 194 g/mol. The number of nitrogens with two attached hydrogens (primary N) is 1. The highest BCUT2D eigenvalue weighted by atomic mass is 14.7. The SMILES string of the molecule is CC1(C)CCCCC1C(N)C1=CCCCC1. The molecule has 0 amide bonds. The molecule has 0 radical (unpaired) electrons. The van der Waals surface area contributed by atoms with Crippen LogP contribution in [0.1, 0.15) is 65.2 Å². The number of hydrogen-bond donors (Lipinski definition) is 1. The van der Waals surface area contributed by atoms with Crippen molar-refractivity contribution in [1.82, 2.24) is 0 Å². The maximum Gasteiger partial charge on any atom is 0.0287 e. The van der Waals surface area contributed by atoms with Gasteiger partial charge in [-0.1, -0.05) is 38.3 Å². The van der Waals surface area contributed by atoms with Crippen LogP contribution in [0.2, 0.25) is 0 Å². The van der Waals surface area contributed by atoms with Gasteiger partial charge in [0.05, 0.1) is 0 Å². The monoisotopic (exact) mass is 221 g/mol. The Kier molecular flexibility index (Phi) is 3.73. The highest BCUT2D eigenvalue weighted by Gasteiger charge is 2.37. The van der Waals surface area contributed by atoms with Crippen LogP contribution in [0.25, 0.3) is 0 Å². The van der Waals surface area contributed by atoms with Gasteiger partial charge in [-0.15, -0.1) is 0 Å². The second kappa shape index (κ2) is 4.91. The molecule has 2 atom stereocenters. The van der Waals surface area contributed by atoms with Gasteiger partial charge in [-0.05, 0) is 49.9 Å². The first kappa shape index (κ1) is 12.2. The summed E-state index contributed by atoms with van der Waals surface area (Å²) >= 11 is 0. The van der Waals surface area contributed by atoms with Gasteiger partial charge < -0.3 is 5.73 Å². The molecule has 2 N–H and O–H groups in total. The van der Waals surface area contributed by atoms with E-state index in [2.05, 4.69) is 19.9 Å². The molecule has 0 aliphatic heterocycles. The second-order valence-electron chi connectivity index (χ2n) is 6.39. The fourth-order valence-electron chi connectivity index (χ4n) is 3.61. The second-order valence-corrected chi connectivity index (χ2v) is 6.39. The quantitative estimate of drug-likeness (QED) is 0.700. The summed E-state index contributed by atoms with van der Waals surface area (Å²) in [7, 11) is 0. The molecule has 2 unspecified atom stereocenters. The molecule has 16 heavy (non-hydrogen) atoms. The van der Waals surface area contributed by atoms with Gasteiger partial charge in [-0.25, -0.2) is 0 Å². The summed E-state index contributed by atoms with van der Waals surface area (Å²) in [6.45, 7) is 4.83. The minimum Gasteiger partial charge on any atom is -0.324 e. The largest absolute Gasteiger partial charge is 0.324 e. The Hall–Kier alpha value is -0.300. The first-order valence-electron chi connectivity index (χ1n) is 7.06. The van der Waals surface area contributed by atoms with Crippen molar-refractivity contribution in [3.63, 3.8) is 0 Å². The lowest BCUT2D eigenvalue weighted by atomic mass is 9.64. The van der Waals surface area contributed by atoms with Crippen LogP contribution in [0.15, 0.2) is 11.6 Å². The van der Waals surface area contributed by atoms with Crippen molar-refractivity contribution in [2.45, 2.75) is 71.3 Å². The molecule has 92 valence electrons. The van der Waals surface area contributed by atoms with Gasteiger partial charge in [0, 0.05) is 6.04 Å². The summed E-state index contributed by atoms with van der Waals surface area (Å²) < 4.78 is 0. The van der Waals surface area contributed by atoms with Gasteiger partial charge in [-0.3, -0.25) is 0 Å². The van der Waals surface area contributed by atoms with Crippen molar-refractivity contribution in [3.05, 3.63) is 11.6 Å². The van der Waals surface area contributed by atoms with Crippen molar-refractivity contribution in [2.24, 2.45) is 17.1 Å². The van der Waals surface area contributed by atoms with Gasteiger partial charge in [0.25, 0.3) is 0 Å². The van der Waals surface area contributed by atoms with Gasteiger partial charge >= 0.3 is 0 Å². The van der Waals surface area contributed by atoms with Crippen LogP contribution >= 0.6 is 0 Å². The van der Waals surface area contributed by atoms with E-state index in [0.29, 0.717) is 17.4 Å². The van der Waals surface area contributed by atoms with E-state index in [9.17, 15) is 0 Å². The van der Waals surface area contributed by atoms with Crippen LogP contribution in [0.3, 0.4) is 0 Å². The van der Waals surface area contributed by atoms with Crippen molar-refractivity contribution in [1.29, 1.82) is 0 Å². The summed E-state index contributed by atoms with van der Waals surface area (Å²) in [5.41, 5.74) is 8.55. The van der Waals surface area contributed by atoms with E-state index in [-0.39, 0.29) is 0 Å². The van der Waals surface area contributed by atoms with Crippen LogP contribution in [0.5, 0.6) is 0 Å². The molecule has 0 heterocycles. The molecule has 1 saturated carbocycles. The van der Waals surface area contributed by atoms with Gasteiger partial charge in [-0.2, -0.15) is 0 Å². The third kappa shape index (κ3) is 2.51. The van der Waals surface area contributed by atoms with E-state index >= 15 is 0 Å². The number of rotatable bonds is 2. The van der Waals surface area contributed by atoms with E-state index in [1.807, 2.05) is 0 Å². The molecule has 0 saturated heterocycles. The standard InChI is InChI=1S/C15H27N/c1-15(2)11-7-6-10-13(15)14(16)12-8-4-3-5-9-12/h8,13-14H,3-7,9-11,16H2,1-2H3. The van der Waals surface area contributed by atoms with Crippen LogP contribution in [-0.4, -0.2) is 6.04 Å². The first-order chi connectivity index (χ1) is 7.61. The third-order valence-electron chi connectivity index (χ3n) is 4.78. The smallest absolute Gasteiger partial charge is 0.0287 e. The number of allylic oxidation sites excluding steroid dienone is 1. The van der Waals surface area contributed by atoms with Gasteiger partial charge in [0.15, 0.2) is 0 Å². The Balaban J connectivity index is 2.07. The lowest BCUT2D eigenvalue weighted by Crippen LogP contribution is -2.43. The van der Waals surface area contributed by atoms with Crippen LogP contribution in [0, 0.1) is 11.3 Å². The summed E-state index contributed by atoms with van der Waals surface area (Å²) in [4.78, 5) is 0. The third-order valence-corrected chi connectivity index (χ3v) is 4.78. The molecule has 2 aliphatic carbocycles. The Morgan fingerprint density at radius 2 is 2.06 bits per heavy atom. The normalized spacial score (nSPS) is 31.9. The highest BCUT2D eigenvalue weighted by molar-refractivity contribution is 5.15. The van der Waals surface area contributed by atoms with Crippen LogP contribution < -0.4 is 5.73 Å². The lowest BCUT2D eigenvalue weighted by Gasteiger charge is -2.43. The molecule has 1 nitrogen and oxygen atoms in total. The zero-order valence-electron chi connectivity index (χ0n) is 11.0. The highest BCUT2D eigenvalue weighted by Crippen LogP contribution is 2.44. The topological polar surface area (TPSA) is 26.0 Å². The van der Waals surface area contributed by atoms with E-state index in [0.717, 1.165) is 0 Å².